The predicted octanol–water partition coefficient (Wildman–Crippen LogP) is 7.09. The molecule has 3 aromatic heterocycles. The fourth-order valence-electron chi connectivity index (χ4n) is 6.37. The topological polar surface area (TPSA) is 63.9 Å². The van der Waals surface area contributed by atoms with E-state index in [1.165, 1.54) is 12.0 Å². The summed E-state index contributed by atoms with van der Waals surface area (Å²) in [4.78, 5) is 21.4. The van der Waals surface area contributed by atoms with E-state index >= 15 is 0 Å². The van der Waals surface area contributed by atoms with Crippen molar-refractivity contribution < 1.29 is 4.79 Å². The van der Waals surface area contributed by atoms with Crippen LogP contribution in [0.5, 0.6) is 0 Å². The Morgan fingerprint density at radius 3 is 2.78 bits per heavy atom. The van der Waals surface area contributed by atoms with Gasteiger partial charge in [-0.1, -0.05) is 50.7 Å². The smallest absolute Gasteiger partial charge is 0.273 e. The molecule has 0 spiro atoms. The number of amides is 1. The summed E-state index contributed by atoms with van der Waals surface area (Å²) in [6, 6.07) is 12.8. The quantitative estimate of drug-likeness (QED) is 0.240. The van der Waals surface area contributed by atoms with Crippen LogP contribution in [0.2, 0.25) is 0 Å². The Bertz CT molecular complexity index is 1440. The maximum atomic E-state index is 13.5. The molecule has 2 atom stereocenters. The molecule has 2 fully saturated rings. The van der Waals surface area contributed by atoms with Gasteiger partial charge in [0.05, 0.1) is 16.3 Å². The molecule has 1 aliphatic carbocycles. The first-order valence-corrected chi connectivity index (χ1v) is 15.4. The zero-order chi connectivity index (χ0) is 25.8. The number of carbonyl (C=O) groups is 1. The Balaban J connectivity index is 1.21. The van der Waals surface area contributed by atoms with Crippen LogP contribution in [0.1, 0.15) is 61.1 Å². The molecule has 1 saturated carbocycles. The van der Waals surface area contributed by atoms with Gasteiger partial charge in [0.15, 0.2) is 11.0 Å². The van der Waals surface area contributed by atoms with Gasteiger partial charge in [-0.15, -0.1) is 32.9 Å². The molecule has 0 N–H and O–H groups in total. The van der Waals surface area contributed by atoms with Crippen molar-refractivity contribution in [2.24, 2.45) is 10.8 Å². The van der Waals surface area contributed by atoms with Crippen molar-refractivity contribution in [2.75, 3.05) is 6.54 Å². The van der Waals surface area contributed by atoms with Crippen LogP contribution in [-0.2, 0) is 5.75 Å². The third-order valence-electron chi connectivity index (χ3n) is 7.41. The standard InChI is InChI=1S/C28H31N5OS3/c1-18-7-5-8-19(11-18)33-24(22-9-6-10-35-22)30-31-26(33)37-15-23-29-21(14-36-23)25(34)32-17-28(4)13-20(32)12-27(2,3)16-28/h5-11,14,20H,12-13,15-17H2,1-4H3. The summed E-state index contributed by atoms with van der Waals surface area (Å²) in [6.07, 6.45) is 3.35. The van der Waals surface area contributed by atoms with E-state index in [0.717, 1.165) is 45.9 Å². The summed E-state index contributed by atoms with van der Waals surface area (Å²) >= 11 is 4.82. The molecule has 4 aromatic rings. The zero-order valence-electron chi connectivity index (χ0n) is 21.6. The number of thiophene rings is 1. The zero-order valence-corrected chi connectivity index (χ0v) is 24.1. The summed E-state index contributed by atoms with van der Waals surface area (Å²) < 4.78 is 2.12. The van der Waals surface area contributed by atoms with E-state index in [9.17, 15) is 4.79 Å². The highest BCUT2D eigenvalue weighted by Gasteiger charge is 2.51. The number of thioether (sulfide) groups is 1. The van der Waals surface area contributed by atoms with Crippen molar-refractivity contribution in [1.29, 1.82) is 0 Å². The minimum Gasteiger partial charge on any atom is -0.334 e. The Hall–Kier alpha value is -2.49. The SMILES string of the molecule is Cc1cccc(-n2c(SCc3nc(C(=O)N4CC5(C)CC4CC(C)(C)C5)cs3)nnc2-c2cccs2)c1. The van der Waals surface area contributed by atoms with Crippen molar-refractivity contribution in [2.45, 2.75) is 63.9 Å². The number of nitrogens with zero attached hydrogens (tertiary/aromatic N) is 5. The molecule has 192 valence electrons. The molecule has 1 saturated heterocycles. The van der Waals surface area contributed by atoms with Crippen molar-refractivity contribution in [3.63, 3.8) is 0 Å². The number of aromatic nitrogens is 4. The summed E-state index contributed by atoms with van der Waals surface area (Å²) in [5.74, 6) is 1.57. The first kappa shape index (κ1) is 24.8. The van der Waals surface area contributed by atoms with Crippen LogP contribution in [0.4, 0.5) is 0 Å². The first-order chi connectivity index (χ1) is 17.7. The number of likely N-dealkylation sites (tertiary alicyclic amines) is 1. The fourth-order valence-corrected chi connectivity index (χ4v) is 8.81. The Morgan fingerprint density at radius 1 is 1.14 bits per heavy atom. The number of carbonyl (C=O) groups excluding carboxylic acids is 1. The summed E-state index contributed by atoms with van der Waals surface area (Å²) in [5.41, 5.74) is 3.31. The molecular formula is C28H31N5OS3. The average molecular weight is 550 g/mol. The maximum absolute atomic E-state index is 13.5. The fraction of sp³-hybridized carbons (Fsp3) is 0.429. The molecule has 1 aromatic carbocycles. The predicted molar refractivity (Wildman–Crippen MR) is 152 cm³/mol. The summed E-state index contributed by atoms with van der Waals surface area (Å²) in [6.45, 7) is 9.94. The molecule has 2 unspecified atom stereocenters. The summed E-state index contributed by atoms with van der Waals surface area (Å²) in [5, 5.41) is 14.8. The van der Waals surface area contributed by atoms with Gasteiger partial charge in [-0.2, -0.15) is 0 Å². The van der Waals surface area contributed by atoms with Gasteiger partial charge in [-0.25, -0.2) is 4.98 Å². The molecule has 4 heterocycles. The third-order valence-corrected chi connectivity index (χ3v) is 10.2. The monoisotopic (exact) mass is 549 g/mol. The number of hydrogen-bond acceptors (Lipinski definition) is 7. The van der Waals surface area contributed by atoms with Gasteiger partial charge in [0.2, 0.25) is 0 Å². The molecule has 6 rings (SSSR count). The Labute approximate surface area is 230 Å². The summed E-state index contributed by atoms with van der Waals surface area (Å²) in [7, 11) is 0. The highest BCUT2D eigenvalue weighted by Crippen LogP contribution is 2.52. The van der Waals surface area contributed by atoms with Crippen molar-refractivity contribution in [3.8, 4) is 16.4 Å². The van der Waals surface area contributed by atoms with Crippen LogP contribution in [0.3, 0.4) is 0 Å². The second kappa shape index (κ2) is 9.36. The number of aryl methyl sites for hydroxylation is 1. The van der Waals surface area contributed by atoms with E-state index < -0.39 is 0 Å². The van der Waals surface area contributed by atoms with Crippen LogP contribution in [0, 0.1) is 17.8 Å². The van der Waals surface area contributed by atoms with Gasteiger partial charge in [0.1, 0.15) is 10.7 Å². The maximum Gasteiger partial charge on any atom is 0.273 e. The van der Waals surface area contributed by atoms with E-state index in [-0.39, 0.29) is 16.7 Å². The van der Waals surface area contributed by atoms with E-state index in [1.807, 2.05) is 11.4 Å². The second-order valence-corrected chi connectivity index (χ2v) is 14.4. The lowest BCUT2D eigenvalue weighted by atomic mass is 9.65. The van der Waals surface area contributed by atoms with Crippen molar-refractivity contribution in [3.05, 3.63) is 63.4 Å². The number of benzene rings is 1. The van der Waals surface area contributed by atoms with Crippen molar-refractivity contribution >= 4 is 40.3 Å². The third kappa shape index (κ3) is 4.89. The van der Waals surface area contributed by atoms with Crippen LogP contribution in [-0.4, -0.2) is 43.1 Å². The molecule has 37 heavy (non-hydrogen) atoms. The lowest BCUT2D eigenvalue weighted by Crippen LogP contribution is -2.37. The normalized spacial score (nSPS) is 22.5. The Morgan fingerprint density at radius 2 is 2.00 bits per heavy atom. The van der Waals surface area contributed by atoms with Crippen LogP contribution < -0.4 is 0 Å². The van der Waals surface area contributed by atoms with Gasteiger partial charge in [0, 0.05) is 18.0 Å². The molecule has 0 radical (unpaired) electrons. The van der Waals surface area contributed by atoms with Crippen LogP contribution >= 0.6 is 34.4 Å². The van der Waals surface area contributed by atoms with E-state index in [4.69, 9.17) is 4.98 Å². The molecular weight excluding hydrogens is 519 g/mol. The average Bonchev–Trinajstić information content (AvgIpc) is 3.62. The first-order valence-electron chi connectivity index (χ1n) is 12.6. The molecule has 2 bridgehead atoms. The van der Waals surface area contributed by atoms with Gasteiger partial charge in [0.25, 0.3) is 5.91 Å². The van der Waals surface area contributed by atoms with E-state index in [2.05, 4.69) is 83.1 Å². The van der Waals surface area contributed by atoms with Gasteiger partial charge < -0.3 is 4.90 Å². The number of fused-ring (bicyclic) bond motifs is 2. The van der Waals surface area contributed by atoms with E-state index in [1.54, 1.807) is 34.4 Å². The van der Waals surface area contributed by atoms with Crippen LogP contribution in [0.25, 0.3) is 16.4 Å². The van der Waals surface area contributed by atoms with E-state index in [0.29, 0.717) is 17.5 Å². The molecule has 1 aliphatic heterocycles. The second-order valence-electron chi connectivity index (χ2n) is 11.5. The minimum absolute atomic E-state index is 0.0850. The molecule has 9 heteroatoms. The molecule has 2 aliphatic rings. The van der Waals surface area contributed by atoms with Gasteiger partial charge >= 0.3 is 0 Å². The minimum atomic E-state index is 0.0850. The molecule has 1 amide bonds. The molecule has 6 nitrogen and oxygen atoms in total. The number of thiazole rings is 1. The lowest BCUT2D eigenvalue weighted by Gasteiger charge is -2.39. The van der Waals surface area contributed by atoms with Crippen LogP contribution in [0.15, 0.2) is 52.3 Å². The largest absolute Gasteiger partial charge is 0.334 e. The van der Waals surface area contributed by atoms with Gasteiger partial charge in [-0.05, 0) is 66.2 Å². The lowest BCUT2D eigenvalue weighted by molar-refractivity contribution is 0.0703. The number of hydrogen-bond donors (Lipinski definition) is 0. The van der Waals surface area contributed by atoms with Crippen molar-refractivity contribution in [1.82, 2.24) is 24.6 Å². The highest BCUT2D eigenvalue weighted by atomic mass is 32.2. The number of rotatable bonds is 6. The Kier molecular flexibility index (Phi) is 6.28. The highest BCUT2D eigenvalue weighted by molar-refractivity contribution is 7.98. The van der Waals surface area contributed by atoms with Gasteiger partial charge in [-0.3, -0.25) is 9.36 Å².